The minimum atomic E-state index is -0.207. The van der Waals surface area contributed by atoms with Gasteiger partial charge in [0.1, 0.15) is 0 Å². The van der Waals surface area contributed by atoms with E-state index in [1.807, 2.05) is 0 Å². The summed E-state index contributed by atoms with van der Waals surface area (Å²) in [5.41, 5.74) is 4.85. The van der Waals surface area contributed by atoms with Crippen LogP contribution in [0, 0.1) is 0 Å². The molecule has 0 radical (unpaired) electrons. The highest BCUT2D eigenvalue weighted by molar-refractivity contribution is 6.09. The highest BCUT2D eigenvalue weighted by Gasteiger charge is 2.03. The van der Waals surface area contributed by atoms with Gasteiger partial charge in [0.05, 0.1) is 6.42 Å². The van der Waals surface area contributed by atoms with E-state index >= 15 is 0 Å². The summed E-state index contributed by atoms with van der Waals surface area (Å²) in [6, 6.07) is 0. The average molecular weight is 120 g/mol. The van der Waals surface area contributed by atoms with Crippen LogP contribution in [0.5, 0.6) is 0 Å². The third-order valence-electron chi connectivity index (χ3n) is 0.898. The number of carbonyl (C=O) groups excluding carboxylic acids is 2. The topological polar surface area (TPSA) is 34.1 Å². The lowest BCUT2D eigenvalue weighted by atomic mass is 10.2. The van der Waals surface area contributed by atoms with Crippen LogP contribution in [0.25, 0.3) is 0 Å². The van der Waals surface area contributed by atoms with Crippen LogP contribution in [0.4, 0.5) is 0 Å². The van der Waals surface area contributed by atoms with Gasteiger partial charge < -0.3 is 0 Å². The zero-order chi connectivity index (χ0) is 6.69. The van der Waals surface area contributed by atoms with Crippen molar-refractivity contribution in [1.82, 2.24) is 0 Å². The molecule has 44 valence electrons. The van der Waals surface area contributed by atoms with Crippen LogP contribution in [-0.4, -0.2) is 11.6 Å². The van der Waals surface area contributed by atoms with E-state index in [2.05, 4.69) is 11.5 Å². The van der Waals surface area contributed by atoms with Gasteiger partial charge in [0.25, 0.3) is 0 Å². The minimum Gasteiger partial charge on any atom is -0.294 e. The lowest BCUT2D eigenvalue weighted by molar-refractivity contribution is -0.121. The Kier molecular flexibility index (Phi) is 1.46. The Balaban J connectivity index is 3.04. The molecule has 0 N–H and O–H groups in total. The fourth-order valence-electron chi connectivity index (χ4n) is 0.518. The summed E-state index contributed by atoms with van der Waals surface area (Å²) in [5, 5.41) is 0. The fourth-order valence-corrected chi connectivity index (χ4v) is 0.518. The SMILES string of the molecule is O=C1C=C=C=CC(=O)C1. The van der Waals surface area contributed by atoms with Crippen LogP contribution in [0.3, 0.4) is 0 Å². The first kappa shape index (κ1) is 5.77. The molecule has 0 spiro atoms. The van der Waals surface area contributed by atoms with Crippen LogP contribution in [-0.2, 0) is 9.59 Å². The zero-order valence-electron chi connectivity index (χ0n) is 4.68. The van der Waals surface area contributed by atoms with E-state index in [1.54, 1.807) is 0 Å². The Labute approximate surface area is 52.2 Å². The first-order valence-electron chi connectivity index (χ1n) is 2.52. The minimum absolute atomic E-state index is 0.0417. The lowest BCUT2D eigenvalue weighted by Crippen LogP contribution is -1.99. The molecule has 1 rings (SSSR count). The molecule has 0 heterocycles. The molecule has 2 nitrogen and oxygen atoms in total. The van der Waals surface area contributed by atoms with E-state index < -0.39 is 0 Å². The maximum absolute atomic E-state index is 10.5. The quantitative estimate of drug-likeness (QED) is 0.342. The predicted octanol–water partition coefficient (Wildman–Crippen LogP) is 0.395. The third-order valence-corrected chi connectivity index (χ3v) is 0.898. The lowest BCUT2D eigenvalue weighted by Gasteiger charge is -1.82. The molecule has 0 unspecified atom stereocenters. The highest BCUT2D eigenvalue weighted by atomic mass is 16.1. The first-order chi connectivity index (χ1) is 4.29. The maximum atomic E-state index is 10.5. The third kappa shape index (κ3) is 1.54. The Morgan fingerprint density at radius 1 is 1.11 bits per heavy atom. The smallest absolute Gasteiger partial charge is 0.171 e. The second-order valence-electron chi connectivity index (χ2n) is 1.69. The molecule has 0 amide bonds. The van der Waals surface area contributed by atoms with Crippen molar-refractivity contribution in [2.75, 3.05) is 0 Å². The van der Waals surface area contributed by atoms with Gasteiger partial charge in [-0.3, -0.25) is 9.59 Å². The first-order valence-corrected chi connectivity index (χ1v) is 2.52. The number of rotatable bonds is 0. The summed E-state index contributed by atoms with van der Waals surface area (Å²) in [5.74, 6) is -0.414. The van der Waals surface area contributed by atoms with Crippen molar-refractivity contribution < 1.29 is 9.59 Å². The van der Waals surface area contributed by atoms with Gasteiger partial charge >= 0.3 is 0 Å². The molecule has 0 fully saturated rings. The van der Waals surface area contributed by atoms with Crippen LogP contribution in [0.15, 0.2) is 23.6 Å². The molecule has 0 aromatic heterocycles. The molecule has 0 aliphatic heterocycles. The summed E-state index contributed by atoms with van der Waals surface area (Å²) in [7, 11) is 0. The van der Waals surface area contributed by atoms with Gasteiger partial charge in [-0.25, -0.2) is 0 Å². The van der Waals surface area contributed by atoms with E-state index in [-0.39, 0.29) is 18.0 Å². The van der Waals surface area contributed by atoms with Gasteiger partial charge in [0.2, 0.25) is 0 Å². The van der Waals surface area contributed by atoms with E-state index in [1.165, 1.54) is 12.2 Å². The van der Waals surface area contributed by atoms with E-state index in [9.17, 15) is 9.59 Å². The molecule has 0 saturated carbocycles. The molecular weight excluding hydrogens is 116 g/mol. The summed E-state index contributed by atoms with van der Waals surface area (Å²) < 4.78 is 0. The molecule has 0 bridgehead atoms. The van der Waals surface area contributed by atoms with Crippen molar-refractivity contribution in [2.45, 2.75) is 6.42 Å². The number of hydrogen-bond acceptors (Lipinski definition) is 2. The standard InChI is InChI=1S/C7H4O2/c8-6-3-1-2-4-7(9)5-6/h3-4H,5H2. The number of ketones is 2. The monoisotopic (exact) mass is 120 g/mol. The van der Waals surface area contributed by atoms with Gasteiger partial charge in [-0.1, -0.05) is 11.5 Å². The largest absolute Gasteiger partial charge is 0.294 e. The molecule has 0 atom stereocenters. The molecule has 1 aliphatic carbocycles. The summed E-state index contributed by atoms with van der Waals surface area (Å²) >= 11 is 0. The van der Waals surface area contributed by atoms with Crippen molar-refractivity contribution in [3.8, 4) is 0 Å². The van der Waals surface area contributed by atoms with E-state index in [0.29, 0.717) is 0 Å². The summed E-state index contributed by atoms with van der Waals surface area (Å²) in [4.78, 5) is 21.0. The zero-order valence-corrected chi connectivity index (χ0v) is 4.68. The van der Waals surface area contributed by atoms with Crippen molar-refractivity contribution in [3.63, 3.8) is 0 Å². The second kappa shape index (κ2) is 2.27. The number of allylic oxidation sites excluding steroid dienone is 2. The fraction of sp³-hybridized carbons (Fsp3) is 0.143. The Morgan fingerprint density at radius 3 is 2.00 bits per heavy atom. The molecule has 9 heavy (non-hydrogen) atoms. The Bertz CT molecular complexity index is 222. The maximum Gasteiger partial charge on any atom is 0.171 e. The van der Waals surface area contributed by atoms with Crippen LogP contribution < -0.4 is 0 Å². The Morgan fingerprint density at radius 2 is 1.56 bits per heavy atom. The predicted molar refractivity (Wildman–Crippen MR) is 30.8 cm³/mol. The van der Waals surface area contributed by atoms with Crippen LogP contribution in [0.2, 0.25) is 0 Å². The molecule has 1 aliphatic rings. The average Bonchev–Trinajstić information content (AvgIpc) is 1.93. The van der Waals surface area contributed by atoms with Gasteiger partial charge in [-0.05, 0) is 0 Å². The molecular formula is C7H4O2. The normalized spacial score (nSPS) is 16.4. The molecule has 0 aromatic rings. The van der Waals surface area contributed by atoms with Crippen molar-refractivity contribution in [3.05, 3.63) is 23.6 Å². The van der Waals surface area contributed by atoms with Crippen molar-refractivity contribution in [1.29, 1.82) is 0 Å². The van der Waals surface area contributed by atoms with Gasteiger partial charge in [0.15, 0.2) is 11.6 Å². The van der Waals surface area contributed by atoms with Gasteiger partial charge in [-0.15, -0.1) is 0 Å². The van der Waals surface area contributed by atoms with E-state index in [4.69, 9.17) is 0 Å². The Hall–Kier alpha value is -1.36. The number of carbonyl (C=O) groups is 2. The molecule has 0 saturated heterocycles. The van der Waals surface area contributed by atoms with Gasteiger partial charge in [0, 0.05) is 12.2 Å². The second-order valence-corrected chi connectivity index (χ2v) is 1.69. The summed E-state index contributed by atoms with van der Waals surface area (Å²) in [6.45, 7) is 0. The molecule has 0 aromatic carbocycles. The van der Waals surface area contributed by atoms with Crippen LogP contribution in [0.1, 0.15) is 6.42 Å². The number of hydrogen-bond donors (Lipinski definition) is 0. The summed E-state index contributed by atoms with van der Waals surface area (Å²) in [6.07, 6.45) is 2.41. The van der Waals surface area contributed by atoms with Crippen molar-refractivity contribution in [2.24, 2.45) is 0 Å². The van der Waals surface area contributed by atoms with Gasteiger partial charge in [-0.2, -0.15) is 0 Å². The van der Waals surface area contributed by atoms with Crippen LogP contribution >= 0.6 is 0 Å². The van der Waals surface area contributed by atoms with Crippen molar-refractivity contribution >= 4 is 11.6 Å². The van der Waals surface area contributed by atoms with E-state index in [0.717, 1.165) is 0 Å². The highest BCUT2D eigenvalue weighted by Crippen LogP contribution is 1.90. The molecule has 2 heteroatoms.